The number of hydrogen-bond acceptors (Lipinski definition) is 5. The number of aromatic nitrogens is 3. The van der Waals surface area contributed by atoms with E-state index in [0.29, 0.717) is 18.7 Å². The summed E-state index contributed by atoms with van der Waals surface area (Å²) >= 11 is 0. The highest BCUT2D eigenvalue weighted by Gasteiger charge is 2.53. The predicted octanol–water partition coefficient (Wildman–Crippen LogP) is 2.18. The van der Waals surface area contributed by atoms with E-state index < -0.39 is 0 Å². The van der Waals surface area contributed by atoms with Gasteiger partial charge in [0.25, 0.3) is 0 Å². The van der Waals surface area contributed by atoms with Crippen LogP contribution in [0.3, 0.4) is 0 Å². The molecule has 0 aromatic carbocycles. The zero-order chi connectivity index (χ0) is 20.6. The van der Waals surface area contributed by atoms with Crippen LogP contribution in [0.2, 0.25) is 0 Å². The molecule has 2 N–H and O–H groups in total. The number of nitrogens with zero attached hydrogens (tertiary/aromatic N) is 4. The molecule has 1 aromatic rings. The zero-order valence-corrected chi connectivity index (χ0v) is 18.4. The molecule has 0 saturated heterocycles. The smallest absolute Gasteiger partial charge is 0.191 e. The molecule has 8 heteroatoms. The summed E-state index contributed by atoms with van der Waals surface area (Å²) in [6.07, 6.45) is 4.44. The molecule has 0 bridgehead atoms. The van der Waals surface area contributed by atoms with E-state index in [2.05, 4.69) is 41.6 Å². The molecular weight excluding hydrogens is 356 g/mol. The van der Waals surface area contributed by atoms with Crippen LogP contribution in [0.5, 0.6) is 0 Å². The first-order chi connectivity index (χ1) is 13.5. The van der Waals surface area contributed by atoms with E-state index in [-0.39, 0.29) is 5.41 Å². The number of methoxy groups -OCH3 is 1. The van der Waals surface area contributed by atoms with Crippen LogP contribution in [0.4, 0.5) is 0 Å². The molecule has 28 heavy (non-hydrogen) atoms. The van der Waals surface area contributed by atoms with Crippen LogP contribution in [0.15, 0.2) is 4.99 Å². The molecule has 8 nitrogen and oxygen atoms in total. The van der Waals surface area contributed by atoms with Crippen LogP contribution in [0.1, 0.15) is 58.1 Å². The first-order valence-corrected chi connectivity index (χ1v) is 10.5. The maximum absolute atomic E-state index is 6.01. The number of aryl methyl sites for hydroxylation is 1. The minimum absolute atomic E-state index is 0.159. The number of hydrogen-bond donors (Lipinski definition) is 2. The third-order valence-corrected chi connectivity index (χ3v) is 6.16. The van der Waals surface area contributed by atoms with Crippen molar-refractivity contribution in [3.05, 3.63) is 11.6 Å². The van der Waals surface area contributed by atoms with Crippen LogP contribution < -0.4 is 10.6 Å². The fourth-order valence-electron chi connectivity index (χ4n) is 4.06. The predicted molar refractivity (Wildman–Crippen MR) is 111 cm³/mol. The van der Waals surface area contributed by atoms with Crippen molar-refractivity contribution in [1.82, 2.24) is 25.4 Å². The van der Waals surface area contributed by atoms with Crippen LogP contribution in [0, 0.1) is 12.3 Å². The van der Waals surface area contributed by atoms with Gasteiger partial charge in [0.2, 0.25) is 0 Å². The van der Waals surface area contributed by atoms with Gasteiger partial charge in [0.1, 0.15) is 12.4 Å². The van der Waals surface area contributed by atoms with E-state index in [1.165, 1.54) is 0 Å². The minimum Gasteiger partial charge on any atom is -0.385 e. The summed E-state index contributed by atoms with van der Waals surface area (Å²) in [7, 11) is 3.69. The van der Waals surface area contributed by atoms with E-state index in [1.54, 1.807) is 7.11 Å². The summed E-state index contributed by atoms with van der Waals surface area (Å²) in [6, 6.07) is 0.356. The number of guanidine groups is 1. The fourth-order valence-corrected chi connectivity index (χ4v) is 4.06. The molecule has 1 aromatic heterocycles. The highest BCUT2D eigenvalue weighted by molar-refractivity contribution is 5.80. The maximum atomic E-state index is 6.01. The number of nitrogens with one attached hydrogen (secondary N) is 2. The quantitative estimate of drug-likeness (QED) is 0.340. The van der Waals surface area contributed by atoms with Gasteiger partial charge in [0.05, 0.1) is 6.10 Å². The lowest BCUT2D eigenvalue weighted by Gasteiger charge is -2.55. The van der Waals surface area contributed by atoms with Gasteiger partial charge in [-0.1, -0.05) is 13.8 Å². The van der Waals surface area contributed by atoms with E-state index in [1.807, 2.05) is 18.5 Å². The molecule has 160 valence electrons. The first-order valence-electron chi connectivity index (χ1n) is 10.5. The lowest BCUT2D eigenvalue weighted by molar-refractivity contribution is -0.133. The van der Waals surface area contributed by atoms with Crippen LogP contribution >= 0.6 is 0 Å². The van der Waals surface area contributed by atoms with E-state index in [0.717, 1.165) is 63.1 Å². The Labute approximate surface area is 169 Å². The van der Waals surface area contributed by atoms with Gasteiger partial charge in [-0.2, -0.15) is 0 Å². The Balaban J connectivity index is 2.08. The number of ether oxygens (including phenoxy) is 2. The fraction of sp³-hybridized carbons (Fsp3) is 0.850. The summed E-state index contributed by atoms with van der Waals surface area (Å²) in [4.78, 5) is 4.78. The Kier molecular flexibility index (Phi) is 8.69. The van der Waals surface area contributed by atoms with Crippen molar-refractivity contribution >= 4 is 5.96 Å². The lowest BCUT2D eigenvalue weighted by Crippen LogP contribution is -2.65. The Morgan fingerprint density at radius 3 is 2.61 bits per heavy atom. The summed E-state index contributed by atoms with van der Waals surface area (Å²) in [5, 5.41) is 15.4. The Bertz CT molecular complexity index is 626. The summed E-state index contributed by atoms with van der Waals surface area (Å²) in [5.74, 6) is 2.57. The maximum Gasteiger partial charge on any atom is 0.191 e. The minimum atomic E-state index is 0.159. The third kappa shape index (κ3) is 5.03. The summed E-state index contributed by atoms with van der Waals surface area (Å²) in [6.45, 7) is 11.3. The standard InChI is InChI=1S/C20H38N6O2/c1-7-20(8-2)16(13-17(20)28-9-3)23-19(21-11-10-12-27-6)22-14-18-25-24-15(4)26(18)5/h16-17H,7-14H2,1-6H3,(H2,21,22,23). The Hall–Kier alpha value is -1.67. The van der Waals surface area contributed by atoms with Gasteiger partial charge in [-0.3, -0.25) is 0 Å². The zero-order valence-electron chi connectivity index (χ0n) is 18.4. The van der Waals surface area contributed by atoms with Crippen LogP contribution in [-0.4, -0.2) is 59.7 Å². The van der Waals surface area contributed by atoms with E-state index >= 15 is 0 Å². The van der Waals surface area contributed by atoms with Gasteiger partial charge in [-0.05, 0) is 39.5 Å². The SMILES string of the molecule is CCOC1CC(NC(=NCc2nnc(C)n2C)NCCCOC)C1(CC)CC. The Morgan fingerprint density at radius 2 is 2.04 bits per heavy atom. The average Bonchev–Trinajstić information content (AvgIpc) is 3.01. The topological polar surface area (TPSA) is 85.6 Å². The monoisotopic (exact) mass is 394 g/mol. The first kappa shape index (κ1) is 22.6. The van der Waals surface area contributed by atoms with Gasteiger partial charge in [-0.25, -0.2) is 4.99 Å². The van der Waals surface area contributed by atoms with Gasteiger partial charge < -0.3 is 24.7 Å². The normalized spacial score (nSPS) is 21.4. The summed E-state index contributed by atoms with van der Waals surface area (Å²) < 4.78 is 13.1. The summed E-state index contributed by atoms with van der Waals surface area (Å²) in [5.41, 5.74) is 0.159. The highest BCUT2D eigenvalue weighted by atomic mass is 16.5. The van der Waals surface area contributed by atoms with E-state index in [9.17, 15) is 0 Å². The van der Waals surface area contributed by atoms with Crippen LogP contribution in [-0.2, 0) is 23.1 Å². The third-order valence-electron chi connectivity index (χ3n) is 6.16. The molecular formula is C20H38N6O2. The molecule has 0 radical (unpaired) electrons. The van der Waals surface area contributed by atoms with Crippen molar-refractivity contribution in [1.29, 1.82) is 0 Å². The molecule has 0 aliphatic heterocycles. The molecule has 1 fully saturated rings. The molecule has 2 unspecified atom stereocenters. The number of aliphatic imine (C=N–C) groups is 1. The van der Waals surface area contributed by atoms with Gasteiger partial charge in [-0.15, -0.1) is 10.2 Å². The van der Waals surface area contributed by atoms with Gasteiger partial charge in [0.15, 0.2) is 11.8 Å². The second kappa shape index (κ2) is 10.8. The van der Waals surface area contributed by atoms with Crippen molar-refractivity contribution in [3.63, 3.8) is 0 Å². The average molecular weight is 395 g/mol. The molecule has 1 saturated carbocycles. The molecule has 1 aliphatic rings. The number of rotatable bonds is 11. The largest absolute Gasteiger partial charge is 0.385 e. The second-order valence-electron chi connectivity index (χ2n) is 7.48. The van der Waals surface area contributed by atoms with Crippen LogP contribution in [0.25, 0.3) is 0 Å². The molecule has 2 atom stereocenters. The Morgan fingerprint density at radius 1 is 1.29 bits per heavy atom. The van der Waals surface area contributed by atoms with Crippen molar-refractivity contribution < 1.29 is 9.47 Å². The lowest BCUT2D eigenvalue weighted by atomic mass is 9.58. The molecule has 2 rings (SSSR count). The van der Waals surface area contributed by atoms with E-state index in [4.69, 9.17) is 14.5 Å². The second-order valence-corrected chi connectivity index (χ2v) is 7.48. The highest BCUT2D eigenvalue weighted by Crippen LogP contribution is 2.48. The van der Waals surface area contributed by atoms with Gasteiger partial charge >= 0.3 is 0 Å². The molecule has 1 heterocycles. The molecule has 0 amide bonds. The van der Waals surface area contributed by atoms with Crippen molar-refractivity contribution in [2.24, 2.45) is 17.5 Å². The van der Waals surface area contributed by atoms with Gasteiger partial charge in [0, 0.05) is 45.4 Å². The van der Waals surface area contributed by atoms with Crippen molar-refractivity contribution in [2.75, 3.05) is 26.9 Å². The van der Waals surface area contributed by atoms with Crippen molar-refractivity contribution in [3.8, 4) is 0 Å². The molecule has 0 spiro atoms. The molecule has 1 aliphatic carbocycles. The van der Waals surface area contributed by atoms with Crippen molar-refractivity contribution in [2.45, 2.75) is 72.1 Å².